The number of benzene rings is 2. The first-order valence-electron chi connectivity index (χ1n) is 9.33. The van der Waals surface area contributed by atoms with Gasteiger partial charge in [-0.3, -0.25) is 9.69 Å². The van der Waals surface area contributed by atoms with E-state index in [0.717, 1.165) is 10.5 Å². The Labute approximate surface area is 168 Å². The summed E-state index contributed by atoms with van der Waals surface area (Å²) in [6.07, 6.45) is -4.88. The minimum absolute atomic E-state index is 0.0566. The van der Waals surface area contributed by atoms with Crippen LogP contribution in [0.2, 0.25) is 0 Å². The molecule has 0 spiro atoms. The molecular weight excluding hydrogens is 379 g/mol. The van der Waals surface area contributed by atoms with Crippen molar-refractivity contribution in [3.8, 4) is 6.07 Å². The number of amides is 1. The van der Waals surface area contributed by atoms with Gasteiger partial charge in [-0.1, -0.05) is 42.5 Å². The Hall–Kier alpha value is -2.85. The topological polar surface area (TPSA) is 47.3 Å². The molecule has 1 atom stereocenters. The smallest absolute Gasteiger partial charge is 0.341 e. The Morgan fingerprint density at radius 2 is 1.79 bits per heavy atom. The standard InChI is InChI=1S/C22H22F3N3O/c1-27(14-19-9-7-17(13-26)8-10-19)20(29)21(22(23,24)25)11-12-28(16-21)15-18-5-3-2-4-6-18/h2-10H,11-12,14-16H2,1H3. The first kappa shape index (κ1) is 20.9. The lowest BCUT2D eigenvalue weighted by atomic mass is 9.84. The summed E-state index contributed by atoms with van der Waals surface area (Å²) in [7, 11) is 1.40. The highest BCUT2D eigenvalue weighted by atomic mass is 19.4. The van der Waals surface area contributed by atoms with Gasteiger partial charge < -0.3 is 4.90 Å². The number of nitrogens with zero attached hydrogens (tertiary/aromatic N) is 3. The maximum absolute atomic E-state index is 14.1. The Kier molecular flexibility index (Phi) is 5.94. The summed E-state index contributed by atoms with van der Waals surface area (Å²) < 4.78 is 42.2. The molecule has 7 heteroatoms. The Bertz CT molecular complexity index is 890. The molecule has 4 nitrogen and oxygen atoms in total. The molecule has 0 N–H and O–H groups in total. The van der Waals surface area contributed by atoms with Crippen LogP contribution < -0.4 is 0 Å². The molecule has 152 valence electrons. The van der Waals surface area contributed by atoms with Gasteiger partial charge in [0.2, 0.25) is 5.91 Å². The van der Waals surface area contributed by atoms with E-state index in [0.29, 0.717) is 17.7 Å². The van der Waals surface area contributed by atoms with Crippen LogP contribution >= 0.6 is 0 Å². The van der Waals surface area contributed by atoms with Gasteiger partial charge >= 0.3 is 6.18 Å². The van der Waals surface area contributed by atoms with Gasteiger partial charge in [0.1, 0.15) is 0 Å². The molecule has 2 aromatic rings. The van der Waals surface area contributed by atoms with Crippen LogP contribution in [0.15, 0.2) is 54.6 Å². The van der Waals surface area contributed by atoms with E-state index in [9.17, 15) is 18.0 Å². The number of carbonyl (C=O) groups excluding carboxylic acids is 1. The average Bonchev–Trinajstić information content (AvgIpc) is 3.14. The SMILES string of the molecule is CN(Cc1ccc(C#N)cc1)C(=O)C1(C(F)(F)F)CCN(Cc2ccccc2)C1. The highest BCUT2D eigenvalue weighted by Crippen LogP contribution is 2.47. The summed E-state index contributed by atoms with van der Waals surface area (Å²) in [4.78, 5) is 15.8. The predicted octanol–water partition coefficient (Wildman–Crippen LogP) is 3.97. The summed E-state index contributed by atoms with van der Waals surface area (Å²) in [5.41, 5.74) is -0.342. The molecule has 0 aliphatic carbocycles. The molecular formula is C22H22F3N3O. The van der Waals surface area contributed by atoms with E-state index in [1.807, 2.05) is 36.4 Å². The highest BCUT2D eigenvalue weighted by molar-refractivity contribution is 5.84. The molecule has 1 unspecified atom stereocenters. The zero-order valence-electron chi connectivity index (χ0n) is 16.1. The maximum atomic E-state index is 14.1. The lowest BCUT2D eigenvalue weighted by Crippen LogP contribution is -2.52. The summed E-state index contributed by atoms with van der Waals surface area (Å²) in [6.45, 7) is 0.305. The third kappa shape index (κ3) is 4.43. The minimum Gasteiger partial charge on any atom is -0.341 e. The number of halogens is 3. The number of rotatable bonds is 5. The second kappa shape index (κ2) is 8.26. The van der Waals surface area contributed by atoms with Gasteiger partial charge in [-0.2, -0.15) is 18.4 Å². The molecule has 0 aromatic heterocycles. The number of carbonyl (C=O) groups is 1. The molecule has 29 heavy (non-hydrogen) atoms. The summed E-state index contributed by atoms with van der Waals surface area (Å²) in [6, 6.07) is 17.8. The second-order valence-electron chi connectivity index (χ2n) is 7.50. The van der Waals surface area contributed by atoms with E-state index in [1.54, 1.807) is 29.2 Å². The van der Waals surface area contributed by atoms with Crippen LogP contribution in [0.5, 0.6) is 0 Å². The highest BCUT2D eigenvalue weighted by Gasteiger charge is 2.63. The molecule has 0 saturated carbocycles. The molecule has 2 aromatic carbocycles. The Balaban J connectivity index is 1.75. The molecule has 1 heterocycles. The summed E-state index contributed by atoms with van der Waals surface area (Å²) in [5, 5.41) is 8.85. The Morgan fingerprint density at radius 1 is 1.14 bits per heavy atom. The van der Waals surface area contributed by atoms with Crippen molar-refractivity contribution in [2.24, 2.45) is 5.41 Å². The monoisotopic (exact) mass is 401 g/mol. The van der Waals surface area contributed by atoms with E-state index in [2.05, 4.69) is 0 Å². The summed E-state index contributed by atoms with van der Waals surface area (Å²) >= 11 is 0. The fourth-order valence-electron chi connectivity index (χ4n) is 3.79. The number of alkyl halides is 3. The number of nitriles is 1. The van der Waals surface area contributed by atoms with Gasteiger partial charge in [0.05, 0.1) is 11.6 Å². The summed E-state index contributed by atoms with van der Waals surface area (Å²) in [5.74, 6) is -0.912. The molecule has 1 saturated heterocycles. The first-order chi connectivity index (χ1) is 13.7. The van der Waals surface area contributed by atoms with Gasteiger partial charge in [0.25, 0.3) is 0 Å². The fourth-order valence-corrected chi connectivity index (χ4v) is 3.79. The lowest BCUT2D eigenvalue weighted by Gasteiger charge is -2.34. The van der Waals surface area contributed by atoms with Gasteiger partial charge in [0.15, 0.2) is 5.41 Å². The third-order valence-electron chi connectivity index (χ3n) is 5.40. The molecule has 1 aliphatic rings. The predicted molar refractivity (Wildman–Crippen MR) is 102 cm³/mol. The molecule has 1 amide bonds. The molecule has 1 fully saturated rings. The van der Waals surface area contributed by atoms with E-state index in [4.69, 9.17) is 5.26 Å². The van der Waals surface area contributed by atoms with Crippen molar-refractivity contribution >= 4 is 5.91 Å². The quantitative estimate of drug-likeness (QED) is 0.762. The van der Waals surface area contributed by atoms with E-state index < -0.39 is 17.5 Å². The number of hydrogen-bond acceptors (Lipinski definition) is 3. The normalized spacial score (nSPS) is 19.7. The van der Waals surface area contributed by atoms with Crippen LogP contribution in [0.25, 0.3) is 0 Å². The zero-order chi connectivity index (χ0) is 21.1. The second-order valence-corrected chi connectivity index (χ2v) is 7.50. The average molecular weight is 401 g/mol. The van der Waals surface area contributed by atoms with Crippen LogP contribution in [0.1, 0.15) is 23.1 Å². The number of hydrogen-bond donors (Lipinski definition) is 0. The van der Waals surface area contributed by atoms with E-state index in [-0.39, 0.29) is 26.1 Å². The van der Waals surface area contributed by atoms with Crippen LogP contribution in [0, 0.1) is 16.7 Å². The molecule has 1 aliphatic heterocycles. The number of likely N-dealkylation sites (tertiary alicyclic amines) is 1. The maximum Gasteiger partial charge on any atom is 0.404 e. The van der Waals surface area contributed by atoms with Crippen molar-refractivity contribution in [2.75, 3.05) is 20.1 Å². The van der Waals surface area contributed by atoms with E-state index >= 15 is 0 Å². The van der Waals surface area contributed by atoms with E-state index in [1.165, 1.54) is 7.05 Å². The van der Waals surface area contributed by atoms with Crippen molar-refractivity contribution < 1.29 is 18.0 Å². The van der Waals surface area contributed by atoms with Crippen molar-refractivity contribution in [1.29, 1.82) is 5.26 Å². The molecule has 0 radical (unpaired) electrons. The largest absolute Gasteiger partial charge is 0.404 e. The lowest BCUT2D eigenvalue weighted by molar-refractivity contribution is -0.223. The van der Waals surface area contributed by atoms with Crippen LogP contribution in [0.3, 0.4) is 0 Å². The van der Waals surface area contributed by atoms with Gasteiger partial charge in [-0.25, -0.2) is 0 Å². The Morgan fingerprint density at radius 3 is 2.38 bits per heavy atom. The van der Waals surface area contributed by atoms with Crippen LogP contribution in [-0.2, 0) is 17.9 Å². The van der Waals surface area contributed by atoms with Crippen molar-refractivity contribution in [3.05, 3.63) is 71.3 Å². The third-order valence-corrected chi connectivity index (χ3v) is 5.40. The van der Waals surface area contributed by atoms with Crippen molar-refractivity contribution in [3.63, 3.8) is 0 Å². The fraction of sp³-hybridized carbons (Fsp3) is 0.364. The molecule has 0 bridgehead atoms. The first-order valence-corrected chi connectivity index (χ1v) is 9.33. The van der Waals surface area contributed by atoms with Crippen LogP contribution in [-0.4, -0.2) is 42.0 Å². The van der Waals surface area contributed by atoms with Crippen molar-refractivity contribution in [2.45, 2.75) is 25.7 Å². The minimum atomic E-state index is -4.63. The van der Waals surface area contributed by atoms with Crippen molar-refractivity contribution in [1.82, 2.24) is 9.80 Å². The van der Waals surface area contributed by atoms with Crippen LogP contribution in [0.4, 0.5) is 13.2 Å². The molecule has 3 rings (SSSR count). The van der Waals surface area contributed by atoms with Gasteiger partial charge in [0, 0.05) is 26.7 Å². The zero-order valence-corrected chi connectivity index (χ0v) is 16.1. The van der Waals surface area contributed by atoms with Gasteiger partial charge in [-0.05, 0) is 36.2 Å². The van der Waals surface area contributed by atoms with Gasteiger partial charge in [-0.15, -0.1) is 0 Å².